The number of hydrogen-bond acceptors (Lipinski definition) is 7. The first kappa shape index (κ1) is 21.5. The van der Waals surface area contributed by atoms with Crippen LogP contribution in [0.15, 0.2) is 40.1 Å². The van der Waals surface area contributed by atoms with Gasteiger partial charge in [-0.25, -0.2) is 0 Å². The van der Waals surface area contributed by atoms with Crippen LogP contribution in [-0.2, 0) is 11.2 Å². The van der Waals surface area contributed by atoms with Crippen LogP contribution < -0.4 is 10.6 Å². The Hall–Kier alpha value is -2.23. The molecule has 0 saturated heterocycles. The molecule has 2 N–H and O–H groups in total. The van der Waals surface area contributed by atoms with E-state index in [0.29, 0.717) is 14.3 Å². The van der Waals surface area contributed by atoms with Gasteiger partial charge in [0, 0.05) is 5.69 Å². The number of rotatable bonds is 9. The van der Waals surface area contributed by atoms with Crippen LogP contribution in [0.3, 0.4) is 0 Å². The molecule has 2 heterocycles. The normalized spacial score (nSPS) is 10.7. The predicted octanol–water partition coefficient (Wildman–Crippen LogP) is 5.23. The van der Waals surface area contributed by atoms with E-state index >= 15 is 0 Å². The topological polar surface area (TPSA) is 84.0 Å². The zero-order valence-electron chi connectivity index (χ0n) is 16.2. The van der Waals surface area contributed by atoms with Gasteiger partial charge in [-0.3, -0.25) is 14.9 Å². The highest BCUT2D eigenvalue weighted by molar-refractivity contribution is 8.01. The first-order chi connectivity index (χ1) is 14.0. The Morgan fingerprint density at radius 3 is 2.62 bits per heavy atom. The minimum absolute atomic E-state index is 0.105. The number of aromatic nitrogens is 2. The molecule has 0 aliphatic rings. The summed E-state index contributed by atoms with van der Waals surface area (Å²) >= 11 is 3.94. The molecule has 2 amide bonds. The predicted molar refractivity (Wildman–Crippen MR) is 121 cm³/mol. The maximum absolute atomic E-state index is 12.2. The molecule has 0 fully saturated rings. The van der Waals surface area contributed by atoms with Gasteiger partial charge in [0.2, 0.25) is 11.0 Å². The minimum Gasteiger partial charge on any atom is -0.325 e. The molecule has 2 aromatic heterocycles. The monoisotopic (exact) mass is 446 g/mol. The Morgan fingerprint density at radius 2 is 1.93 bits per heavy atom. The zero-order valence-corrected chi connectivity index (χ0v) is 18.7. The van der Waals surface area contributed by atoms with Crippen molar-refractivity contribution >= 4 is 57.1 Å². The Balaban J connectivity index is 1.45. The van der Waals surface area contributed by atoms with E-state index in [0.717, 1.165) is 17.7 Å². The fourth-order valence-electron chi connectivity index (χ4n) is 2.49. The summed E-state index contributed by atoms with van der Waals surface area (Å²) in [4.78, 5) is 25.0. The number of thiophene rings is 1. The minimum atomic E-state index is -0.198. The molecule has 6 nitrogen and oxygen atoms in total. The van der Waals surface area contributed by atoms with Gasteiger partial charge in [-0.2, -0.15) is 0 Å². The largest absolute Gasteiger partial charge is 0.325 e. The van der Waals surface area contributed by atoms with Gasteiger partial charge in [0.05, 0.1) is 10.6 Å². The van der Waals surface area contributed by atoms with Crippen molar-refractivity contribution in [1.29, 1.82) is 0 Å². The first-order valence-corrected chi connectivity index (χ1v) is 11.9. The number of unbranched alkanes of at least 4 members (excludes halogenated alkanes) is 1. The van der Waals surface area contributed by atoms with Crippen LogP contribution in [0.4, 0.5) is 10.8 Å². The molecule has 0 spiro atoms. The van der Waals surface area contributed by atoms with Crippen molar-refractivity contribution in [3.8, 4) is 0 Å². The van der Waals surface area contributed by atoms with Crippen LogP contribution in [-0.4, -0.2) is 27.8 Å². The summed E-state index contributed by atoms with van der Waals surface area (Å²) in [7, 11) is 0. The maximum Gasteiger partial charge on any atom is 0.267 e. The second-order valence-electron chi connectivity index (χ2n) is 6.45. The van der Waals surface area contributed by atoms with Crippen LogP contribution in [0.25, 0.3) is 0 Å². The van der Waals surface area contributed by atoms with Crippen LogP contribution in [0.1, 0.15) is 40.6 Å². The van der Waals surface area contributed by atoms with E-state index in [2.05, 4.69) is 27.8 Å². The number of nitrogens with one attached hydrogen (secondary N) is 2. The molecule has 152 valence electrons. The molecule has 0 unspecified atom stereocenters. The molecule has 3 rings (SSSR count). The second kappa shape index (κ2) is 10.5. The molecule has 1 aromatic carbocycles. The van der Waals surface area contributed by atoms with Crippen LogP contribution in [0.5, 0.6) is 0 Å². The SMILES string of the molecule is CCCCc1ccc(NC(=O)CSc2nnc(NC(=O)c3cc(C)cs3)s2)cc1. The standard InChI is InChI=1S/C20H22N4O2S3/c1-3-4-5-14-6-8-15(9-7-14)21-17(25)12-28-20-24-23-19(29-20)22-18(26)16-10-13(2)11-27-16/h6-11H,3-5,12H2,1-2H3,(H,21,25)(H,22,23,26). The van der Waals surface area contributed by atoms with Gasteiger partial charge >= 0.3 is 0 Å². The summed E-state index contributed by atoms with van der Waals surface area (Å²) in [5.41, 5.74) is 3.11. The summed E-state index contributed by atoms with van der Waals surface area (Å²) in [5, 5.41) is 16.0. The van der Waals surface area contributed by atoms with E-state index in [1.807, 2.05) is 42.6 Å². The van der Waals surface area contributed by atoms with Crippen molar-refractivity contribution in [3.63, 3.8) is 0 Å². The van der Waals surface area contributed by atoms with Gasteiger partial charge < -0.3 is 5.32 Å². The number of carbonyl (C=O) groups is 2. The van der Waals surface area contributed by atoms with Crippen molar-refractivity contribution in [3.05, 3.63) is 51.7 Å². The zero-order chi connectivity index (χ0) is 20.6. The van der Waals surface area contributed by atoms with E-state index in [1.54, 1.807) is 0 Å². The Labute approximate surface area is 182 Å². The average molecular weight is 447 g/mol. The number of nitrogens with zero attached hydrogens (tertiary/aromatic N) is 2. The van der Waals surface area contributed by atoms with Crippen LogP contribution in [0.2, 0.25) is 0 Å². The third-order valence-electron chi connectivity index (χ3n) is 3.96. The highest BCUT2D eigenvalue weighted by Crippen LogP contribution is 2.26. The summed E-state index contributed by atoms with van der Waals surface area (Å²) in [5.74, 6) is -0.0772. The summed E-state index contributed by atoms with van der Waals surface area (Å²) in [6.45, 7) is 4.12. The van der Waals surface area contributed by atoms with Gasteiger partial charge in [-0.1, -0.05) is 48.6 Å². The Kier molecular flexibility index (Phi) is 7.79. The molecule has 0 radical (unpaired) electrons. The first-order valence-electron chi connectivity index (χ1n) is 9.25. The third-order valence-corrected chi connectivity index (χ3v) is 6.98. The maximum atomic E-state index is 12.2. The average Bonchev–Trinajstić information content (AvgIpc) is 3.35. The number of benzene rings is 1. The lowest BCUT2D eigenvalue weighted by atomic mass is 10.1. The Morgan fingerprint density at radius 1 is 1.14 bits per heavy atom. The number of anilines is 2. The van der Waals surface area contributed by atoms with E-state index in [1.165, 1.54) is 52.8 Å². The van der Waals surface area contributed by atoms with Gasteiger partial charge in [0.15, 0.2) is 4.34 Å². The van der Waals surface area contributed by atoms with Crippen molar-refractivity contribution in [1.82, 2.24) is 10.2 Å². The van der Waals surface area contributed by atoms with Crippen LogP contribution >= 0.6 is 34.4 Å². The van der Waals surface area contributed by atoms with E-state index < -0.39 is 0 Å². The van der Waals surface area contributed by atoms with Gasteiger partial charge in [-0.05, 0) is 54.5 Å². The van der Waals surface area contributed by atoms with Crippen molar-refractivity contribution in [2.75, 3.05) is 16.4 Å². The number of carbonyl (C=O) groups excluding carboxylic acids is 2. The lowest BCUT2D eigenvalue weighted by Crippen LogP contribution is -2.13. The Bertz CT molecular complexity index is 966. The molecule has 0 saturated carbocycles. The summed E-state index contributed by atoms with van der Waals surface area (Å²) in [6.07, 6.45) is 3.39. The number of aryl methyl sites for hydroxylation is 2. The fraction of sp³-hybridized carbons (Fsp3) is 0.300. The van der Waals surface area contributed by atoms with E-state index in [-0.39, 0.29) is 17.6 Å². The van der Waals surface area contributed by atoms with Crippen molar-refractivity contribution < 1.29 is 9.59 Å². The lowest BCUT2D eigenvalue weighted by Gasteiger charge is -2.05. The van der Waals surface area contributed by atoms with E-state index in [9.17, 15) is 9.59 Å². The summed E-state index contributed by atoms with van der Waals surface area (Å²) < 4.78 is 0.632. The van der Waals surface area contributed by atoms with Gasteiger partial charge in [-0.15, -0.1) is 21.5 Å². The second-order valence-corrected chi connectivity index (χ2v) is 9.56. The molecule has 29 heavy (non-hydrogen) atoms. The fourth-order valence-corrected chi connectivity index (χ4v) is 4.83. The molecule has 0 aliphatic carbocycles. The smallest absolute Gasteiger partial charge is 0.267 e. The molecule has 3 aromatic rings. The lowest BCUT2D eigenvalue weighted by molar-refractivity contribution is -0.113. The van der Waals surface area contributed by atoms with Gasteiger partial charge in [0.25, 0.3) is 5.91 Å². The van der Waals surface area contributed by atoms with Crippen molar-refractivity contribution in [2.24, 2.45) is 0 Å². The van der Waals surface area contributed by atoms with E-state index in [4.69, 9.17) is 0 Å². The molecular formula is C20H22N4O2S3. The molecule has 0 aliphatic heterocycles. The highest BCUT2D eigenvalue weighted by atomic mass is 32.2. The number of hydrogen-bond donors (Lipinski definition) is 2. The number of thioether (sulfide) groups is 1. The molecule has 9 heteroatoms. The highest BCUT2D eigenvalue weighted by Gasteiger charge is 2.13. The van der Waals surface area contributed by atoms with Crippen LogP contribution in [0, 0.1) is 6.92 Å². The van der Waals surface area contributed by atoms with Gasteiger partial charge in [0.1, 0.15) is 0 Å². The van der Waals surface area contributed by atoms with Crippen molar-refractivity contribution in [2.45, 2.75) is 37.4 Å². The third kappa shape index (κ3) is 6.66. The number of amides is 2. The molecular weight excluding hydrogens is 424 g/mol. The molecule has 0 bridgehead atoms. The molecule has 0 atom stereocenters. The quantitative estimate of drug-likeness (QED) is 0.347. The summed E-state index contributed by atoms with van der Waals surface area (Å²) in [6, 6.07) is 9.79.